The molecule has 0 radical (unpaired) electrons. The number of sulfone groups is 1. The minimum Gasteiger partial charge on any atom is -0.229 e. The lowest BCUT2D eigenvalue weighted by Gasteiger charge is -2.33. The van der Waals surface area contributed by atoms with Crippen LogP contribution < -0.4 is 0 Å². The largest absolute Gasteiger partial charge is 0.243 e. The van der Waals surface area contributed by atoms with Gasteiger partial charge in [0.2, 0.25) is 10.0 Å². The van der Waals surface area contributed by atoms with E-state index in [9.17, 15) is 16.8 Å². The molecule has 1 aliphatic rings. The van der Waals surface area contributed by atoms with Crippen LogP contribution in [-0.4, -0.2) is 45.2 Å². The molecule has 1 fully saturated rings. The van der Waals surface area contributed by atoms with Crippen LogP contribution in [-0.2, 0) is 19.9 Å². The van der Waals surface area contributed by atoms with Gasteiger partial charge in [-0.2, -0.15) is 9.57 Å². The van der Waals surface area contributed by atoms with E-state index >= 15 is 0 Å². The van der Waals surface area contributed by atoms with Crippen LogP contribution in [0.3, 0.4) is 0 Å². The van der Waals surface area contributed by atoms with Crippen LogP contribution >= 0.6 is 0 Å². The summed E-state index contributed by atoms with van der Waals surface area (Å²) in [5.41, 5.74) is -0.714. The van der Waals surface area contributed by atoms with Crippen molar-refractivity contribution in [1.29, 1.82) is 5.26 Å². The summed E-state index contributed by atoms with van der Waals surface area (Å²) >= 11 is 0. The first-order valence-electron chi connectivity index (χ1n) is 6.30. The van der Waals surface area contributed by atoms with Crippen molar-refractivity contribution in [1.82, 2.24) is 4.31 Å². The molecule has 21 heavy (non-hydrogen) atoms. The standard InChI is InChI=1S/C13H16N2O4S2/c1-13(6-7-20(16,17)10-13)15(2)21(18,19)12-5-3-4-11(8-12)9-14/h3-5,8H,6-7,10H2,1-2H3/t13-/m0/s1. The van der Waals surface area contributed by atoms with Crippen LogP contribution in [0, 0.1) is 11.3 Å². The van der Waals surface area contributed by atoms with Gasteiger partial charge in [-0.25, -0.2) is 16.8 Å². The molecule has 114 valence electrons. The second kappa shape index (κ2) is 5.09. The van der Waals surface area contributed by atoms with Crippen molar-refractivity contribution in [2.24, 2.45) is 0 Å². The van der Waals surface area contributed by atoms with Crippen molar-refractivity contribution < 1.29 is 16.8 Å². The summed E-state index contributed by atoms with van der Waals surface area (Å²) < 4.78 is 49.7. The number of hydrogen-bond acceptors (Lipinski definition) is 5. The van der Waals surface area contributed by atoms with Gasteiger partial charge in [0.25, 0.3) is 0 Å². The highest BCUT2D eigenvalue weighted by Gasteiger charge is 2.46. The molecule has 0 bridgehead atoms. The number of rotatable bonds is 3. The van der Waals surface area contributed by atoms with Crippen LogP contribution in [0.15, 0.2) is 29.2 Å². The van der Waals surface area contributed by atoms with Gasteiger partial charge in [0, 0.05) is 12.6 Å². The Hall–Kier alpha value is -1.43. The monoisotopic (exact) mass is 328 g/mol. The van der Waals surface area contributed by atoms with Gasteiger partial charge >= 0.3 is 0 Å². The first-order chi connectivity index (χ1) is 9.61. The molecule has 1 atom stereocenters. The maximum Gasteiger partial charge on any atom is 0.243 e. The SMILES string of the molecule is CN([C@@]1(C)CCS(=O)(=O)C1)S(=O)(=O)c1cccc(C#N)c1. The van der Waals surface area contributed by atoms with Crippen LogP contribution in [0.1, 0.15) is 18.9 Å². The Morgan fingerprint density at radius 3 is 2.57 bits per heavy atom. The number of hydrogen-bond donors (Lipinski definition) is 0. The van der Waals surface area contributed by atoms with E-state index in [4.69, 9.17) is 5.26 Å². The molecule has 1 aromatic carbocycles. The van der Waals surface area contributed by atoms with Gasteiger partial charge in [-0.1, -0.05) is 6.07 Å². The van der Waals surface area contributed by atoms with E-state index in [0.29, 0.717) is 0 Å². The third-order valence-electron chi connectivity index (χ3n) is 3.86. The summed E-state index contributed by atoms with van der Waals surface area (Å²) in [5, 5.41) is 8.86. The van der Waals surface area contributed by atoms with Crippen molar-refractivity contribution >= 4 is 19.9 Å². The zero-order chi connectivity index (χ0) is 15.9. The molecular formula is C13H16N2O4S2. The Bertz CT molecular complexity index is 809. The van der Waals surface area contributed by atoms with Gasteiger partial charge in [0.15, 0.2) is 9.84 Å². The Kier molecular flexibility index (Phi) is 3.86. The molecule has 0 amide bonds. The Morgan fingerprint density at radius 2 is 2.05 bits per heavy atom. The molecule has 0 spiro atoms. The highest BCUT2D eigenvalue weighted by atomic mass is 32.2. The summed E-state index contributed by atoms with van der Waals surface area (Å²) in [4.78, 5) is -0.00503. The second-order valence-electron chi connectivity index (χ2n) is 5.45. The van der Waals surface area contributed by atoms with E-state index in [1.165, 1.54) is 31.3 Å². The predicted molar refractivity (Wildman–Crippen MR) is 77.8 cm³/mol. The summed E-state index contributed by atoms with van der Waals surface area (Å²) in [7, 11) is -5.67. The van der Waals surface area contributed by atoms with Gasteiger partial charge < -0.3 is 0 Å². The minimum atomic E-state index is -3.85. The molecule has 0 saturated carbocycles. The highest BCUT2D eigenvalue weighted by molar-refractivity contribution is 7.92. The molecule has 0 unspecified atom stereocenters. The summed E-state index contributed by atoms with van der Waals surface area (Å²) in [6, 6.07) is 7.59. The van der Waals surface area contributed by atoms with E-state index in [-0.39, 0.29) is 28.4 Å². The van der Waals surface area contributed by atoms with E-state index < -0.39 is 25.4 Å². The average molecular weight is 328 g/mol. The molecule has 2 rings (SSSR count). The van der Waals surface area contributed by atoms with Crippen molar-refractivity contribution in [3.63, 3.8) is 0 Å². The number of sulfonamides is 1. The average Bonchev–Trinajstić information content (AvgIpc) is 2.73. The lowest BCUT2D eigenvalue weighted by molar-refractivity contribution is 0.272. The molecular weight excluding hydrogens is 312 g/mol. The molecule has 1 aliphatic heterocycles. The number of nitriles is 1. The van der Waals surface area contributed by atoms with E-state index in [2.05, 4.69) is 0 Å². The Balaban J connectivity index is 2.42. The minimum absolute atomic E-state index is 0.00503. The topological polar surface area (TPSA) is 95.3 Å². The normalized spacial score (nSPS) is 24.9. The van der Waals surface area contributed by atoms with E-state index in [1.807, 2.05) is 6.07 Å². The Morgan fingerprint density at radius 1 is 1.38 bits per heavy atom. The number of benzene rings is 1. The molecule has 0 aromatic heterocycles. The lowest BCUT2D eigenvalue weighted by Crippen LogP contribution is -2.48. The summed E-state index contributed by atoms with van der Waals surface area (Å²) in [6.07, 6.45) is 0.267. The first kappa shape index (κ1) is 15.9. The fourth-order valence-corrected chi connectivity index (χ4v) is 6.26. The summed E-state index contributed by atoms with van der Waals surface area (Å²) in [5.74, 6) is -0.199. The summed E-state index contributed by atoms with van der Waals surface area (Å²) in [6.45, 7) is 1.63. The van der Waals surface area contributed by atoms with Crippen LogP contribution in [0.5, 0.6) is 0 Å². The molecule has 1 heterocycles. The number of nitrogens with zero attached hydrogens (tertiary/aromatic N) is 2. The molecule has 1 saturated heterocycles. The van der Waals surface area contributed by atoms with E-state index in [0.717, 1.165) is 4.31 Å². The zero-order valence-corrected chi connectivity index (χ0v) is 13.4. The smallest absolute Gasteiger partial charge is 0.229 e. The molecule has 1 aromatic rings. The van der Waals surface area contributed by atoms with Crippen LogP contribution in [0.2, 0.25) is 0 Å². The Labute approximate surface area is 125 Å². The van der Waals surface area contributed by atoms with Crippen LogP contribution in [0.25, 0.3) is 0 Å². The molecule has 0 N–H and O–H groups in total. The van der Waals surface area contributed by atoms with E-state index in [1.54, 1.807) is 6.92 Å². The van der Waals surface area contributed by atoms with Crippen LogP contribution in [0.4, 0.5) is 0 Å². The maximum absolute atomic E-state index is 12.6. The van der Waals surface area contributed by atoms with Gasteiger partial charge in [0.1, 0.15) is 0 Å². The van der Waals surface area contributed by atoms with Gasteiger partial charge in [-0.3, -0.25) is 0 Å². The second-order valence-corrected chi connectivity index (χ2v) is 9.60. The molecule has 8 heteroatoms. The maximum atomic E-state index is 12.6. The first-order valence-corrected chi connectivity index (χ1v) is 9.57. The van der Waals surface area contributed by atoms with Crippen molar-refractivity contribution in [3.05, 3.63) is 29.8 Å². The lowest BCUT2D eigenvalue weighted by atomic mass is 10.0. The third kappa shape index (κ3) is 2.95. The molecule has 6 nitrogen and oxygen atoms in total. The fourth-order valence-electron chi connectivity index (χ4n) is 2.42. The van der Waals surface area contributed by atoms with Gasteiger partial charge in [-0.15, -0.1) is 0 Å². The molecule has 0 aliphatic carbocycles. The fraction of sp³-hybridized carbons (Fsp3) is 0.462. The van der Waals surface area contributed by atoms with Gasteiger partial charge in [0.05, 0.1) is 28.0 Å². The zero-order valence-electron chi connectivity index (χ0n) is 11.8. The predicted octanol–water partition coefficient (Wildman–Crippen LogP) is 0.756. The van der Waals surface area contributed by atoms with Crippen molar-refractivity contribution in [2.75, 3.05) is 18.6 Å². The highest BCUT2D eigenvalue weighted by Crippen LogP contribution is 2.32. The van der Waals surface area contributed by atoms with Crippen molar-refractivity contribution in [2.45, 2.75) is 23.8 Å². The van der Waals surface area contributed by atoms with Crippen molar-refractivity contribution in [3.8, 4) is 6.07 Å². The third-order valence-corrected chi connectivity index (χ3v) is 7.76. The van der Waals surface area contributed by atoms with Gasteiger partial charge in [-0.05, 0) is 31.5 Å². The quantitative estimate of drug-likeness (QED) is 0.816.